The van der Waals surface area contributed by atoms with Crippen molar-refractivity contribution in [3.8, 4) is 0 Å². The molecule has 3 rings (SSSR count). The zero-order valence-corrected chi connectivity index (χ0v) is 12.2. The van der Waals surface area contributed by atoms with Gasteiger partial charge in [-0.1, -0.05) is 38.1 Å². The third-order valence-corrected chi connectivity index (χ3v) is 5.24. The summed E-state index contributed by atoms with van der Waals surface area (Å²) in [4.78, 5) is 2.64. The Labute approximate surface area is 117 Å². The van der Waals surface area contributed by atoms with Gasteiger partial charge in [0.05, 0.1) is 0 Å². The van der Waals surface area contributed by atoms with Crippen LogP contribution < -0.4 is 5.73 Å². The first-order chi connectivity index (χ1) is 9.16. The van der Waals surface area contributed by atoms with E-state index in [-0.39, 0.29) is 6.04 Å². The Bertz CT molecular complexity index is 433. The van der Waals surface area contributed by atoms with Crippen molar-refractivity contribution in [2.24, 2.45) is 17.6 Å². The monoisotopic (exact) mass is 258 g/mol. The minimum atomic E-state index is 0.215. The number of fused-ring (bicyclic) bond motifs is 1. The van der Waals surface area contributed by atoms with E-state index < -0.39 is 0 Å². The number of piperidine rings is 1. The fraction of sp³-hybridized carbons (Fsp3) is 0.647. The highest BCUT2D eigenvalue weighted by Crippen LogP contribution is 2.35. The van der Waals surface area contributed by atoms with Crippen LogP contribution in [-0.2, 0) is 6.42 Å². The van der Waals surface area contributed by atoms with Gasteiger partial charge in [-0.05, 0) is 55.3 Å². The number of benzene rings is 1. The smallest absolute Gasteiger partial charge is 0.0459 e. The van der Waals surface area contributed by atoms with Crippen LogP contribution in [-0.4, -0.2) is 24.0 Å². The summed E-state index contributed by atoms with van der Waals surface area (Å²) in [5.41, 5.74) is 9.31. The van der Waals surface area contributed by atoms with Crippen LogP contribution in [0.4, 0.5) is 0 Å². The summed E-state index contributed by atoms with van der Waals surface area (Å²) in [6.07, 6.45) is 3.83. The summed E-state index contributed by atoms with van der Waals surface area (Å²) in [6.45, 7) is 7.18. The first-order valence-electron chi connectivity index (χ1n) is 7.74. The van der Waals surface area contributed by atoms with E-state index in [1.165, 1.54) is 37.1 Å². The topological polar surface area (TPSA) is 29.3 Å². The maximum absolute atomic E-state index is 6.47. The quantitative estimate of drug-likeness (QED) is 0.883. The van der Waals surface area contributed by atoms with Crippen molar-refractivity contribution < 1.29 is 0 Å². The van der Waals surface area contributed by atoms with Gasteiger partial charge in [-0.3, -0.25) is 4.90 Å². The van der Waals surface area contributed by atoms with Crippen LogP contribution in [0.1, 0.15) is 43.9 Å². The Morgan fingerprint density at radius 3 is 2.47 bits per heavy atom. The number of nitrogens with two attached hydrogens (primary N) is 1. The van der Waals surface area contributed by atoms with Crippen LogP contribution in [0.15, 0.2) is 24.3 Å². The standard InChI is InChI=1S/C17H26N2/c1-12(2)13-7-9-19(10-8-13)16-11-14-5-3-4-6-15(14)17(16)18/h3-6,12-13,16-17H,7-11,18H2,1-2H3. The van der Waals surface area contributed by atoms with E-state index in [4.69, 9.17) is 5.73 Å². The Hall–Kier alpha value is -0.860. The van der Waals surface area contributed by atoms with Gasteiger partial charge in [0.25, 0.3) is 0 Å². The van der Waals surface area contributed by atoms with Gasteiger partial charge in [-0.15, -0.1) is 0 Å². The molecule has 1 aromatic rings. The molecule has 2 aliphatic rings. The Morgan fingerprint density at radius 2 is 1.84 bits per heavy atom. The molecule has 1 aliphatic heterocycles. The lowest BCUT2D eigenvalue weighted by atomic mass is 9.86. The average molecular weight is 258 g/mol. The van der Waals surface area contributed by atoms with Crippen LogP contribution in [0.3, 0.4) is 0 Å². The molecule has 0 bridgehead atoms. The van der Waals surface area contributed by atoms with Crippen molar-refractivity contribution in [2.45, 2.75) is 45.2 Å². The maximum Gasteiger partial charge on any atom is 0.0459 e. The van der Waals surface area contributed by atoms with Crippen molar-refractivity contribution >= 4 is 0 Å². The van der Waals surface area contributed by atoms with E-state index >= 15 is 0 Å². The van der Waals surface area contributed by atoms with Gasteiger partial charge < -0.3 is 5.73 Å². The lowest BCUT2D eigenvalue weighted by Gasteiger charge is -2.39. The predicted molar refractivity (Wildman–Crippen MR) is 80.0 cm³/mol. The summed E-state index contributed by atoms with van der Waals surface area (Å²) >= 11 is 0. The normalized spacial score (nSPS) is 28.8. The van der Waals surface area contributed by atoms with Crippen molar-refractivity contribution in [1.29, 1.82) is 0 Å². The van der Waals surface area contributed by atoms with E-state index in [1.807, 2.05) is 0 Å². The van der Waals surface area contributed by atoms with Crippen LogP contribution in [0.2, 0.25) is 0 Å². The zero-order valence-electron chi connectivity index (χ0n) is 12.2. The molecular weight excluding hydrogens is 232 g/mol. The Balaban J connectivity index is 1.67. The molecule has 104 valence electrons. The molecule has 1 saturated heterocycles. The van der Waals surface area contributed by atoms with E-state index in [2.05, 4.69) is 43.0 Å². The van der Waals surface area contributed by atoms with Gasteiger partial charge in [0, 0.05) is 12.1 Å². The molecular formula is C17H26N2. The highest BCUT2D eigenvalue weighted by atomic mass is 15.2. The molecule has 2 N–H and O–H groups in total. The molecule has 0 radical (unpaired) electrons. The minimum Gasteiger partial charge on any atom is -0.323 e. The molecule has 2 nitrogen and oxygen atoms in total. The Kier molecular flexibility index (Phi) is 3.64. The summed E-state index contributed by atoms with van der Waals surface area (Å²) in [6, 6.07) is 9.46. The number of hydrogen-bond acceptors (Lipinski definition) is 2. The van der Waals surface area contributed by atoms with E-state index in [1.54, 1.807) is 0 Å². The van der Waals surface area contributed by atoms with Crippen LogP contribution in [0.5, 0.6) is 0 Å². The van der Waals surface area contributed by atoms with E-state index in [9.17, 15) is 0 Å². The molecule has 2 atom stereocenters. The first kappa shape index (κ1) is 13.1. The van der Waals surface area contributed by atoms with Crippen LogP contribution in [0, 0.1) is 11.8 Å². The zero-order chi connectivity index (χ0) is 13.4. The third kappa shape index (κ3) is 2.44. The molecule has 0 amide bonds. The van der Waals surface area contributed by atoms with Crippen LogP contribution in [0.25, 0.3) is 0 Å². The third-order valence-electron chi connectivity index (χ3n) is 5.24. The summed E-state index contributed by atoms with van der Waals surface area (Å²) in [5, 5.41) is 0. The van der Waals surface area contributed by atoms with Gasteiger partial charge in [-0.2, -0.15) is 0 Å². The number of nitrogens with zero attached hydrogens (tertiary/aromatic N) is 1. The van der Waals surface area contributed by atoms with Gasteiger partial charge in [0.15, 0.2) is 0 Å². The second-order valence-corrected chi connectivity index (χ2v) is 6.61. The van der Waals surface area contributed by atoms with Crippen molar-refractivity contribution in [1.82, 2.24) is 4.90 Å². The molecule has 2 unspecified atom stereocenters. The highest BCUT2D eigenvalue weighted by molar-refractivity contribution is 5.36. The second kappa shape index (κ2) is 5.26. The van der Waals surface area contributed by atoms with Crippen molar-refractivity contribution in [3.05, 3.63) is 35.4 Å². The molecule has 0 spiro atoms. The van der Waals surface area contributed by atoms with Crippen molar-refractivity contribution in [2.75, 3.05) is 13.1 Å². The van der Waals surface area contributed by atoms with Gasteiger partial charge >= 0.3 is 0 Å². The largest absolute Gasteiger partial charge is 0.323 e. The molecule has 1 heterocycles. The molecule has 1 aromatic carbocycles. The molecule has 19 heavy (non-hydrogen) atoms. The fourth-order valence-corrected chi connectivity index (χ4v) is 3.88. The number of rotatable bonds is 2. The van der Waals surface area contributed by atoms with Gasteiger partial charge in [-0.25, -0.2) is 0 Å². The van der Waals surface area contributed by atoms with E-state index in [0.717, 1.165) is 18.3 Å². The minimum absolute atomic E-state index is 0.215. The van der Waals surface area contributed by atoms with Gasteiger partial charge in [0.1, 0.15) is 0 Å². The summed E-state index contributed by atoms with van der Waals surface area (Å²) in [5.74, 6) is 1.74. The SMILES string of the molecule is CC(C)C1CCN(C2Cc3ccccc3C2N)CC1. The predicted octanol–water partition coefficient (Wildman–Crippen LogP) is 2.98. The molecule has 0 saturated carbocycles. The first-order valence-corrected chi connectivity index (χ1v) is 7.74. The van der Waals surface area contributed by atoms with E-state index in [0.29, 0.717) is 6.04 Å². The average Bonchev–Trinajstić information content (AvgIpc) is 2.77. The molecule has 2 heteroatoms. The molecule has 1 fully saturated rings. The lowest BCUT2D eigenvalue weighted by Crippen LogP contribution is -2.46. The van der Waals surface area contributed by atoms with Gasteiger partial charge in [0.2, 0.25) is 0 Å². The molecule has 0 aromatic heterocycles. The molecule has 1 aliphatic carbocycles. The summed E-state index contributed by atoms with van der Waals surface area (Å²) in [7, 11) is 0. The number of likely N-dealkylation sites (tertiary alicyclic amines) is 1. The highest BCUT2D eigenvalue weighted by Gasteiger charge is 2.35. The lowest BCUT2D eigenvalue weighted by molar-refractivity contribution is 0.106. The second-order valence-electron chi connectivity index (χ2n) is 6.61. The van der Waals surface area contributed by atoms with Crippen molar-refractivity contribution in [3.63, 3.8) is 0 Å². The maximum atomic E-state index is 6.47. The summed E-state index contributed by atoms with van der Waals surface area (Å²) < 4.78 is 0. The fourth-order valence-electron chi connectivity index (χ4n) is 3.88. The van der Waals surface area contributed by atoms with Crippen LogP contribution >= 0.6 is 0 Å². The Morgan fingerprint density at radius 1 is 1.16 bits per heavy atom. The number of hydrogen-bond donors (Lipinski definition) is 1.